The van der Waals surface area contributed by atoms with Gasteiger partial charge in [0, 0.05) is 0 Å². The highest BCUT2D eigenvalue weighted by molar-refractivity contribution is 9.10. The maximum Gasteiger partial charge on any atom is 0.208 e. The SMILES string of the molecule is NC(=S)c1ncn(Cc2cccc(F)c2Br)n1. The zero-order valence-electron chi connectivity index (χ0n) is 8.60. The smallest absolute Gasteiger partial charge is 0.208 e. The highest BCUT2D eigenvalue weighted by Crippen LogP contribution is 2.20. The van der Waals surface area contributed by atoms with Crippen LogP contribution >= 0.6 is 28.1 Å². The molecule has 0 radical (unpaired) electrons. The van der Waals surface area contributed by atoms with Gasteiger partial charge in [0.1, 0.15) is 17.1 Å². The van der Waals surface area contributed by atoms with Crippen LogP contribution in [0.25, 0.3) is 0 Å². The number of rotatable bonds is 3. The van der Waals surface area contributed by atoms with E-state index in [0.29, 0.717) is 16.8 Å². The summed E-state index contributed by atoms with van der Waals surface area (Å²) in [7, 11) is 0. The molecule has 2 N–H and O–H groups in total. The van der Waals surface area contributed by atoms with Gasteiger partial charge in [0.15, 0.2) is 0 Å². The molecular formula is C10H8BrFN4S. The van der Waals surface area contributed by atoms with Gasteiger partial charge in [0.2, 0.25) is 5.82 Å². The number of nitrogens with two attached hydrogens (primary N) is 1. The summed E-state index contributed by atoms with van der Waals surface area (Å²) in [5, 5.41) is 4.07. The number of nitrogens with zero attached hydrogens (tertiary/aromatic N) is 3. The molecule has 0 bridgehead atoms. The van der Waals surface area contributed by atoms with Crippen molar-refractivity contribution in [1.82, 2.24) is 14.8 Å². The number of aromatic nitrogens is 3. The Labute approximate surface area is 111 Å². The van der Waals surface area contributed by atoms with Gasteiger partial charge < -0.3 is 5.73 Å². The lowest BCUT2D eigenvalue weighted by Gasteiger charge is -2.04. The number of hydrogen-bond acceptors (Lipinski definition) is 3. The topological polar surface area (TPSA) is 56.7 Å². The molecule has 4 nitrogen and oxygen atoms in total. The summed E-state index contributed by atoms with van der Waals surface area (Å²) >= 11 is 7.94. The summed E-state index contributed by atoms with van der Waals surface area (Å²) in [4.78, 5) is 4.08. The van der Waals surface area contributed by atoms with Crippen molar-refractivity contribution in [2.75, 3.05) is 0 Å². The van der Waals surface area contributed by atoms with Crippen LogP contribution in [0, 0.1) is 5.82 Å². The third kappa shape index (κ3) is 2.67. The molecule has 0 amide bonds. The zero-order chi connectivity index (χ0) is 12.4. The first-order chi connectivity index (χ1) is 8.08. The van der Waals surface area contributed by atoms with E-state index < -0.39 is 0 Å². The standard InChI is InChI=1S/C10H8BrFN4S/c11-8-6(2-1-3-7(8)12)4-16-5-14-10(15-16)9(13)17/h1-3,5H,4H2,(H2,13,17). The van der Waals surface area contributed by atoms with Crippen molar-refractivity contribution >= 4 is 33.1 Å². The van der Waals surface area contributed by atoms with E-state index in [9.17, 15) is 4.39 Å². The zero-order valence-corrected chi connectivity index (χ0v) is 11.0. The Morgan fingerprint density at radius 2 is 2.29 bits per heavy atom. The highest BCUT2D eigenvalue weighted by atomic mass is 79.9. The van der Waals surface area contributed by atoms with Gasteiger partial charge in [-0.1, -0.05) is 24.4 Å². The average Bonchev–Trinajstić information content (AvgIpc) is 2.73. The van der Waals surface area contributed by atoms with Crippen LogP contribution in [0.3, 0.4) is 0 Å². The van der Waals surface area contributed by atoms with Crippen molar-refractivity contribution in [2.45, 2.75) is 6.54 Å². The summed E-state index contributed by atoms with van der Waals surface area (Å²) in [6, 6.07) is 4.82. The van der Waals surface area contributed by atoms with Gasteiger partial charge in [-0.3, -0.25) is 0 Å². The highest BCUT2D eigenvalue weighted by Gasteiger charge is 2.08. The fraction of sp³-hybridized carbons (Fsp3) is 0.100. The van der Waals surface area contributed by atoms with Gasteiger partial charge in [0.25, 0.3) is 0 Å². The molecule has 0 aliphatic heterocycles. The first-order valence-corrected chi connectivity index (χ1v) is 5.90. The van der Waals surface area contributed by atoms with Crippen molar-refractivity contribution in [2.24, 2.45) is 5.73 Å². The third-order valence-electron chi connectivity index (χ3n) is 2.12. The molecule has 0 saturated carbocycles. The third-order valence-corrected chi connectivity index (χ3v) is 3.19. The second-order valence-electron chi connectivity index (χ2n) is 3.34. The Morgan fingerprint density at radius 3 is 2.94 bits per heavy atom. The van der Waals surface area contributed by atoms with E-state index in [1.807, 2.05) is 0 Å². The van der Waals surface area contributed by atoms with Crippen molar-refractivity contribution in [1.29, 1.82) is 0 Å². The lowest BCUT2D eigenvalue weighted by molar-refractivity contribution is 0.611. The van der Waals surface area contributed by atoms with Gasteiger partial charge >= 0.3 is 0 Å². The predicted octanol–water partition coefficient (Wildman–Crippen LogP) is 1.86. The molecule has 17 heavy (non-hydrogen) atoms. The molecule has 0 saturated heterocycles. The maximum absolute atomic E-state index is 13.3. The fourth-order valence-corrected chi connectivity index (χ4v) is 1.81. The van der Waals surface area contributed by atoms with Crippen LogP contribution in [-0.2, 0) is 6.54 Å². The van der Waals surface area contributed by atoms with Crippen molar-refractivity contribution < 1.29 is 4.39 Å². The minimum Gasteiger partial charge on any atom is -0.387 e. The molecule has 0 atom stereocenters. The van der Waals surface area contributed by atoms with E-state index in [4.69, 9.17) is 18.0 Å². The molecule has 0 unspecified atom stereocenters. The van der Waals surface area contributed by atoms with E-state index in [2.05, 4.69) is 26.0 Å². The quantitative estimate of drug-likeness (QED) is 0.879. The molecule has 2 aromatic rings. The van der Waals surface area contributed by atoms with Crippen LogP contribution in [0.1, 0.15) is 11.4 Å². The predicted molar refractivity (Wildman–Crippen MR) is 69.1 cm³/mol. The molecular weight excluding hydrogens is 307 g/mol. The van der Waals surface area contributed by atoms with Crippen molar-refractivity contribution in [3.05, 3.63) is 46.2 Å². The van der Waals surface area contributed by atoms with E-state index in [1.165, 1.54) is 12.4 Å². The summed E-state index contributed by atoms with van der Waals surface area (Å²) in [5.41, 5.74) is 6.17. The van der Waals surface area contributed by atoms with Gasteiger partial charge in [-0.15, -0.1) is 5.10 Å². The minimum absolute atomic E-state index is 0.141. The number of hydrogen-bond donors (Lipinski definition) is 1. The van der Waals surface area contributed by atoms with Crippen LogP contribution in [0.4, 0.5) is 4.39 Å². The summed E-state index contributed by atoms with van der Waals surface area (Å²) in [6.07, 6.45) is 1.51. The first kappa shape index (κ1) is 12.1. The lowest BCUT2D eigenvalue weighted by atomic mass is 10.2. The maximum atomic E-state index is 13.3. The van der Waals surface area contributed by atoms with Crippen LogP contribution in [0.5, 0.6) is 0 Å². The van der Waals surface area contributed by atoms with E-state index >= 15 is 0 Å². The molecule has 7 heteroatoms. The van der Waals surface area contributed by atoms with Crippen LogP contribution < -0.4 is 5.73 Å². The Morgan fingerprint density at radius 1 is 1.53 bits per heavy atom. The van der Waals surface area contributed by atoms with Crippen LogP contribution in [-0.4, -0.2) is 19.8 Å². The average molecular weight is 315 g/mol. The summed E-state index contributed by atoms with van der Waals surface area (Å²) in [6.45, 7) is 0.397. The Bertz CT molecular complexity index is 569. The minimum atomic E-state index is -0.308. The summed E-state index contributed by atoms with van der Waals surface area (Å²) < 4.78 is 15.3. The van der Waals surface area contributed by atoms with Crippen LogP contribution in [0.15, 0.2) is 29.0 Å². The normalized spacial score (nSPS) is 10.5. The van der Waals surface area contributed by atoms with Gasteiger partial charge in [-0.05, 0) is 27.6 Å². The second kappa shape index (κ2) is 4.89. The Kier molecular flexibility index (Phi) is 3.49. The van der Waals surface area contributed by atoms with E-state index in [0.717, 1.165) is 5.56 Å². The lowest BCUT2D eigenvalue weighted by Crippen LogP contribution is -2.12. The molecule has 1 heterocycles. The van der Waals surface area contributed by atoms with E-state index in [1.54, 1.807) is 16.8 Å². The van der Waals surface area contributed by atoms with Gasteiger partial charge in [-0.2, -0.15) is 0 Å². The first-order valence-electron chi connectivity index (χ1n) is 4.70. The number of thiocarbonyl (C=S) groups is 1. The number of halogens is 2. The largest absolute Gasteiger partial charge is 0.387 e. The van der Waals surface area contributed by atoms with Crippen LogP contribution in [0.2, 0.25) is 0 Å². The monoisotopic (exact) mass is 314 g/mol. The number of benzene rings is 1. The molecule has 0 aliphatic carbocycles. The Hall–Kier alpha value is -1.34. The fourth-order valence-electron chi connectivity index (χ4n) is 1.33. The Balaban J connectivity index is 2.25. The molecule has 1 aromatic carbocycles. The molecule has 0 spiro atoms. The molecule has 2 rings (SSSR count). The summed E-state index contributed by atoms with van der Waals surface area (Å²) in [5.74, 6) is 0.00436. The molecule has 88 valence electrons. The van der Waals surface area contributed by atoms with Crippen molar-refractivity contribution in [3.63, 3.8) is 0 Å². The van der Waals surface area contributed by atoms with E-state index in [-0.39, 0.29) is 10.8 Å². The molecule has 0 fully saturated rings. The molecule has 1 aromatic heterocycles. The second-order valence-corrected chi connectivity index (χ2v) is 4.58. The van der Waals surface area contributed by atoms with Crippen molar-refractivity contribution in [3.8, 4) is 0 Å². The molecule has 0 aliphatic rings. The van der Waals surface area contributed by atoms with Gasteiger partial charge in [0.05, 0.1) is 11.0 Å². The van der Waals surface area contributed by atoms with Gasteiger partial charge in [-0.25, -0.2) is 14.1 Å².